The Morgan fingerprint density at radius 2 is 1.33 bits per heavy atom. The summed E-state index contributed by atoms with van der Waals surface area (Å²) < 4.78 is 0. The average Bonchev–Trinajstić information content (AvgIpc) is 2.71. The van der Waals surface area contributed by atoms with E-state index in [1.165, 1.54) is 33.0 Å². The van der Waals surface area contributed by atoms with Gasteiger partial charge in [-0.3, -0.25) is 0 Å². The Labute approximate surface area is 183 Å². The van der Waals surface area contributed by atoms with Crippen LogP contribution in [0.3, 0.4) is 0 Å². The first-order valence-electron chi connectivity index (χ1n) is 11.0. The Morgan fingerprint density at radius 3 is 1.97 bits per heavy atom. The average molecular weight is 420 g/mol. The van der Waals surface area contributed by atoms with E-state index in [0.717, 1.165) is 25.4 Å². The van der Waals surface area contributed by atoms with Gasteiger partial charge in [-0.2, -0.15) is 5.06 Å². The molecule has 3 aromatic carbocycles. The van der Waals surface area contributed by atoms with Crippen molar-refractivity contribution < 1.29 is 5.21 Å². The highest BCUT2D eigenvalue weighted by Gasteiger charge is 2.44. The molecule has 1 fully saturated rings. The first kappa shape index (κ1) is 21.5. The summed E-state index contributed by atoms with van der Waals surface area (Å²) in [6.45, 7) is 8.58. The molecule has 4 rings (SSSR count). The summed E-state index contributed by atoms with van der Waals surface area (Å²) in [7, 11) is 2.79. The molecule has 0 aliphatic carbocycles. The summed E-state index contributed by atoms with van der Waals surface area (Å²) in [5, 5.41) is 14.7. The van der Waals surface area contributed by atoms with Gasteiger partial charge in [-0.25, -0.2) is 0 Å². The molecule has 3 heteroatoms. The van der Waals surface area contributed by atoms with E-state index in [1.54, 1.807) is 5.06 Å². The Bertz CT molecular complexity index is 1020. The normalized spacial score (nSPS) is 19.3. The Balaban J connectivity index is 1.51. The Hall–Kier alpha value is -1.73. The second-order valence-corrected chi connectivity index (χ2v) is 10.6. The second kappa shape index (κ2) is 8.08. The lowest BCUT2D eigenvalue weighted by Gasteiger charge is -2.51. The fourth-order valence-electron chi connectivity index (χ4n) is 5.39. The highest BCUT2D eigenvalue weighted by Crippen LogP contribution is 2.41. The molecule has 1 atom stereocenters. The van der Waals surface area contributed by atoms with E-state index in [-0.39, 0.29) is 11.1 Å². The predicted octanol–water partition coefficient (Wildman–Crippen LogP) is 7.08. The van der Waals surface area contributed by atoms with Gasteiger partial charge in [0.2, 0.25) is 0 Å². The van der Waals surface area contributed by atoms with E-state index >= 15 is 0 Å². The first-order valence-corrected chi connectivity index (χ1v) is 11.8. The SMILES string of the molecule is CC1(C)CC(Cc2ccc(-c3ccc4cc(CP)ccc4c3)cc2)CC(C)(C)N1O. The summed E-state index contributed by atoms with van der Waals surface area (Å²) >= 11 is 0. The molecule has 1 saturated heterocycles. The van der Waals surface area contributed by atoms with Gasteiger partial charge in [-0.1, -0.05) is 54.6 Å². The van der Waals surface area contributed by atoms with Crippen molar-refractivity contribution in [2.24, 2.45) is 5.92 Å². The third-order valence-corrected chi connectivity index (χ3v) is 7.15. The van der Waals surface area contributed by atoms with Crippen LogP contribution in [-0.2, 0) is 12.6 Å². The summed E-state index contributed by atoms with van der Waals surface area (Å²) in [5.41, 5.74) is 4.89. The van der Waals surface area contributed by atoms with Crippen LogP contribution < -0.4 is 0 Å². The molecule has 2 nitrogen and oxygen atoms in total. The van der Waals surface area contributed by atoms with Crippen LogP contribution in [-0.4, -0.2) is 21.3 Å². The number of hydroxylamine groups is 2. The van der Waals surface area contributed by atoms with E-state index in [4.69, 9.17) is 0 Å². The van der Waals surface area contributed by atoms with Gasteiger partial charge in [0.15, 0.2) is 0 Å². The van der Waals surface area contributed by atoms with Crippen LogP contribution in [0.5, 0.6) is 0 Å². The summed E-state index contributed by atoms with van der Waals surface area (Å²) in [4.78, 5) is 0. The molecule has 0 amide bonds. The summed E-state index contributed by atoms with van der Waals surface area (Å²) in [6.07, 6.45) is 4.08. The zero-order valence-electron chi connectivity index (χ0n) is 18.7. The number of rotatable bonds is 4. The molecule has 0 spiro atoms. The topological polar surface area (TPSA) is 23.5 Å². The number of hydrogen-bond acceptors (Lipinski definition) is 2. The van der Waals surface area contributed by atoms with Crippen molar-refractivity contribution in [2.45, 2.75) is 64.2 Å². The standard InChI is InChI=1S/C27H34NOP/c1-26(2)16-21(17-27(3,4)28(26)29)13-19-5-8-22(9-6-19)24-12-11-23-14-20(18-30)7-10-25(23)15-24/h5-12,14-15,21,29H,13,16-18,30H2,1-4H3. The monoisotopic (exact) mass is 419 g/mol. The van der Waals surface area contributed by atoms with Crippen LogP contribution in [0.1, 0.15) is 51.7 Å². The highest BCUT2D eigenvalue weighted by atomic mass is 31.0. The largest absolute Gasteiger partial charge is 0.313 e. The van der Waals surface area contributed by atoms with Crippen molar-refractivity contribution in [3.8, 4) is 11.1 Å². The maximum absolute atomic E-state index is 10.5. The van der Waals surface area contributed by atoms with Crippen LogP contribution in [0.15, 0.2) is 60.7 Å². The van der Waals surface area contributed by atoms with E-state index in [9.17, 15) is 5.21 Å². The second-order valence-electron chi connectivity index (χ2n) is 10.2. The van der Waals surface area contributed by atoms with Gasteiger partial charge in [0, 0.05) is 11.1 Å². The number of hydrogen-bond donors (Lipinski definition) is 1. The lowest BCUT2D eigenvalue weighted by molar-refractivity contribution is -0.250. The predicted molar refractivity (Wildman–Crippen MR) is 131 cm³/mol. The minimum Gasteiger partial charge on any atom is -0.313 e. The van der Waals surface area contributed by atoms with Gasteiger partial charge < -0.3 is 5.21 Å². The zero-order valence-corrected chi connectivity index (χ0v) is 19.8. The summed E-state index contributed by atoms with van der Waals surface area (Å²) in [6, 6.07) is 22.5. The summed E-state index contributed by atoms with van der Waals surface area (Å²) in [5.74, 6) is 0.579. The molecule has 1 unspecified atom stereocenters. The zero-order chi connectivity index (χ0) is 21.5. The quantitative estimate of drug-likeness (QED) is 0.457. The first-order chi connectivity index (χ1) is 14.2. The van der Waals surface area contributed by atoms with Crippen molar-refractivity contribution in [1.29, 1.82) is 0 Å². The van der Waals surface area contributed by atoms with Gasteiger partial charge in [-0.15, -0.1) is 9.24 Å². The molecule has 30 heavy (non-hydrogen) atoms. The minimum atomic E-state index is -0.187. The molecular weight excluding hydrogens is 385 g/mol. The number of fused-ring (bicyclic) bond motifs is 1. The van der Waals surface area contributed by atoms with E-state index in [1.807, 2.05) is 0 Å². The van der Waals surface area contributed by atoms with E-state index in [0.29, 0.717) is 5.92 Å². The van der Waals surface area contributed by atoms with Crippen LogP contribution in [0.2, 0.25) is 0 Å². The maximum atomic E-state index is 10.5. The van der Waals surface area contributed by atoms with E-state index < -0.39 is 0 Å². The van der Waals surface area contributed by atoms with Crippen molar-refractivity contribution in [2.75, 3.05) is 0 Å². The van der Waals surface area contributed by atoms with E-state index in [2.05, 4.69) is 97.6 Å². The molecule has 0 radical (unpaired) electrons. The van der Waals surface area contributed by atoms with Crippen molar-refractivity contribution in [3.05, 3.63) is 71.8 Å². The van der Waals surface area contributed by atoms with Crippen molar-refractivity contribution in [1.82, 2.24) is 5.06 Å². The highest BCUT2D eigenvalue weighted by molar-refractivity contribution is 7.15. The van der Waals surface area contributed by atoms with Gasteiger partial charge in [0.05, 0.1) is 0 Å². The fourth-order valence-corrected chi connectivity index (χ4v) is 5.64. The molecule has 158 valence electrons. The lowest BCUT2D eigenvalue weighted by Crippen LogP contribution is -2.59. The third-order valence-electron chi connectivity index (χ3n) is 6.68. The molecule has 0 bridgehead atoms. The van der Waals surface area contributed by atoms with Crippen molar-refractivity contribution in [3.63, 3.8) is 0 Å². The Morgan fingerprint density at radius 1 is 0.800 bits per heavy atom. The minimum absolute atomic E-state index is 0.187. The molecule has 1 N–H and O–H groups in total. The third kappa shape index (κ3) is 4.33. The molecule has 0 saturated carbocycles. The Kier molecular flexibility index (Phi) is 5.79. The molecule has 1 heterocycles. The van der Waals surface area contributed by atoms with Crippen LogP contribution in [0.25, 0.3) is 21.9 Å². The molecule has 1 aliphatic heterocycles. The lowest BCUT2D eigenvalue weighted by atomic mass is 9.73. The number of nitrogens with zero attached hydrogens (tertiary/aromatic N) is 1. The van der Waals surface area contributed by atoms with Gasteiger partial charge in [0.25, 0.3) is 0 Å². The molecule has 3 aromatic rings. The maximum Gasteiger partial charge on any atom is 0.0413 e. The fraction of sp³-hybridized carbons (Fsp3) is 0.407. The van der Waals surface area contributed by atoms with Gasteiger partial charge >= 0.3 is 0 Å². The number of piperidine rings is 1. The van der Waals surface area contributed by atoms with Gasteiger partial charge in [-0.05, 0) is 98.1 Å². The number of benzene rings is 3. The van der Waals surface area contributed by atoms with Crippen LogP contribution in [0.4, 0.5) is 0 Å². The van der Waals surface area contributed by atoms with Crippen molar-refractivity contribution >= 4 is 20.0 Å². The van der Waals surface area contributed by atoms with Gasteiger partial charge in [0.1, 0.15) is 0 Å². The molecular formula is C27H34NOP. The smallest absolute Gasteiger partial charge is 0.0413 e. The van der Waals surface area contributed by atoms with Crippen LogP contribution >= 0.6 is 9.24 Å². The van der Waals surface area contributed by atoms with Crippen LogP contribution in [0, 0.1) is 5.92 Å². The molecule has 1 aliphatic rings. The molecule has 0 aromatic heterocycles.